The summed E-state index contributed by atoms with van der Waals surface area (Å²) in [6.07, 6.45) is 2.84. The molecule has 0 aliphatic carbocycles. The van der Waals surface area contributed by atoms with Gasteiger partial charge in [-0.2, -0.15) is 0 Å². The van der Waals surface area contributed by atoms with Gasteiger partial charge in [0, 0.05) is 41.9 Å². The molecule has 2 unspecified atom stereocenters. The highest BCUT2D eigenvalue weighted by molar-refractivity contribution is 7.84. The van der Waals surface area contributed by atoms with Crippen molar-refractivity contribution >= 4 is 10.8 Å². The first-order valence-corrected chi connectivity index (χ1v) is 7.82. The minimum Gasteiger partial charge on any atom is -0.313 e. The average molecular weight is 252 g/mol. The lowest BCUT2D eigenvalue weighted by molar-refractivity contribution is 0.511. The summed E-state index contributed by atoms with van der Waals surface area (Å²) >= 11 is 0. The van der Waals surface area contributed by atoms with Gasteiger partial charge < -0.3 is 10.6 Å². The molecule has 1 aliphatic heterocycles. The molecular formula is C13H20N2OS. The van der Waals surface area contributed by atoms with Gasteiger partial charge in [-0.1, -0.05) is 24.3 Å². The van der Waals surface area contributed by atoms with Gasteiger partial charge in [-0.3, -0.25) is 4.21 Å². The molecule has 0 saturated heterocycles. The van der Waals surface area contributed by atoms with Crippen LogP contribution in [0.5, 0.6) is 0 Å². The normalized spacial score (nSPS) is 21.6. The highest BCUT2D eigenvalue weighted by Gasteiger charge is 2.16. The van der Waals surface area contributed by atoms with E-state index in [9.17, 15) is 4.21 Å². The fourth-order valence-corrected chi connectivity index (χ4v) is 2.65. The summed E-state index contributed by atoms with van der Waals surface area (Å²) < 4.78 is 11.1. The van der Waals surface area contributed by atoms with Crippen LogP contribution in [0, 0.1) is 0 Å². The second kappa shape index (κ2) is 6.28. The van der Waals surface area contributed by atoms with Crippen LogP contribution in [0.4, 0.5) is 0 Å². The van der Waals surface area contributed by atoms with Crippen LogP contribution in [-0.2, 0) is 17.3 Å². The number of benzene rings is 1. The zero-order chi connectivity index (χ0) is 12.1. The zero-order valence-corrected chi connectivity index (χ0v) is 11.1. The van der Waals surface area contributed by atoms with E-state index in [0.29, 0.717) is 6.04 Å². The lowest BCUT2D eigenvalue weighted by atomic mass is 9.99. The molecule has 0 amide bonds. The molecule has 1 aromatic rings. The van der Waals surface area contributed by atoms with E-state index in [1.165, 1.54) is 11.1 Å². The van der Waals surface area contributed by atoms with E-state index in [2.05, 4.69) is 34.9 Å². The van der Waals surface area contributed by atoms with E-state index in [-0.39, 0.29) is 0 Å². The molecule has 0 aromatic heterocycles. The second-order valence-corrected chi connectivity index (χ2v) is 6.00. The summed E-state index contributed by atoms with van der Waals surface area (Å²) in [5.41, 5.74) is 2.76. The summed E-state index contributed by atoms with van der Waals surface area (Å²) in [5.74, 6) is 0.728. The van der Waals surface area contributed by atoms with Crippen molar-refractivity contribution in [2.24, 2.45) is 0 Å². The SMILES string of the molecule is CS(=O)CCNC1CCNCc2ccccc21. The number of hydrogen-bond acceptors (Lipinski definition) is 3. The summed E-state index contributed by atoms with van der Waals surface area (Å²) in [7, 11) is -0.710. The monoisotopic (exact) mass is 252 g/mol. The van der Waals surface area contributed by atoms with Crippen LogP contribution in [0.15, 0.2) is 24.3 Å². The van der Waals surface area contributed by atoms with Gasteiger partial charge in [-0.05, 0) is 24.1 Å². The Hall–Kier alpha value is -0.710. The molecule has 1 heterocycles. The minimum atomic E-state index is -0.710. The molecule has 0 saturated carbocycles. The van der Waals surface area contributed by atoms with E-state index in [1.807, 2.05) is 0 Å². The van der Waals surface area contributed by atoms with Crippen molar-refractivity contribution in [1.29, 1.82) is 0 Å². The van der Waals surface area contributed by atoms with Crippen LogP contribution in [0.1, 0.15) is 23.6 Å². The molecule has 2 atom stereocenters. The van der Waals surface area contributed by atoms with Crippen LogP contribution in [0.2, 0.25) is 0 Å². The third-order valence-electron chi connectivity index (χ3n) is 3.14. The first-order valence-electron chi connectivity index (χ1n) is 6.09. The van der Waals surface area contributed by atoms with Crippen molar-refractivity contribution in [1.82, 2.24) is 10.6 Å². The third-order valence-corrected chi connectivity index (χ3v) is 3.92. The van der Waals surface area contributed by atoms with Crippen molar-refractivity contribution in [2.75, 3.05) is 25.1 Å². The molecule has 0 fully saturated rings. The maximum absolute atomic E-state index is 11.1. The zero-order valence-electron chi connectivity index (χ0n) is 10.2. The number of fused-ring (bicyclic) bond motifs is 1. The molecular weight excluding hydrogens is 232 g/mol. The summed E-state index contributed by atoms with van der Waals surface area (Å²) in [6.45, 7) is 2.80. The Morgan fingerprint density at radius 3 is 3.12 bits per heavy atom. The summed E-state index contributed by atoms with van der Waals surface area (Å²) in [4.78, 5) is 0. The molecule has 2 rings (SSSR count). The van der Waals surface area contributed by atoms with Crippen molar-refractivity contribution in [3.63, 3.8) is 0 Å². The Labute approximate surface area is 105 Å². The fraction of sp³-hybridized carbons (Fsp3) is 0.538. The van der Waals surface area contributed by atoms with E-state index in [0.717, 1.165) is 31.8 Å². The molecule has 17 heavy (non-hydrogen) atoms. The van der Waals surface area contributed by atoms with Crippen LogP contribution in [0.3, 0.4) is 0 Å². The largest absolute Gasteiger partial charge is 0.313 e. The predicted octanol–water partition coefficient (Wildman–Crippen LogP) is 1.19. The van der Waals surface area contributed by atoms with Gasteiger partial charge in [-0.25, -0.2) is 0 Å². The molecule has 0 spiro atoms. The Bertz CT molecular complexity index is 395. The molecule has 94 valence electrons. The molecule has 0 radical (unpaired) electrons. The second-order valence-electron chi connectivity index (χ2n) is 4.45. The standard InChI is InChI=1S/C13H20N2OS/c1-17(16)9-8-15-13-6-7-14-10-11-4-2-3-5-12(11)13/h2-5,13-15H,6-10H2,1H3. The van der Waals surface area contributed by atoms with Gasteiger partial charge in [-0.15, -0.1) is 0 Å². The van der Waals surface area contributed by atoms with E-state index in [1.54, 1.807) is 6.26 Å². The van der Waals surface area contributed by atoms with Crippen LogP contribution in [0.25, 0.3) is 0 Å². The topological polar surface area (TPSA) is 41.1 Å². The lowest BCUT2D eigenvalue weighted by Crippen LogP contribution is -2.26. The highest BCUT2D eigenvalue weighted by atomic mass is 32.2. The van der Waals surface area contributed by atoms with E-state index < -0.39 is 10.8 Å². The Morgan fingerprint density at radius 2 is 2.29 bits per heavy atom. The molecule has 1 aromatic carbocycles. The Morgan fingerprint density at radius 1 is 1.47 bits per heavy atom. The average Bonchev–Trinajstić information content (AvgIpc) is 2.52. The fourth-order valence-electron chi connectivity index (χ4n) is 2.25. The van der Waals surface area contributed by atoms with E-state index >= 15 is 0 Å². The lowest BCUT2D eigenvalue weighted by Gasteiger charge is -2.18. The van der Waals surface area contributed by atoms with Crippen molar-refractivity contribution < 1.29 is 4.21 Å². The van der Waals surface area contributed by atoms with Crippen LogP contribution < -0.4 is 10.6 Å². The van der Waals surface area contributed by atoms with Gasteiger partial charge in [0.15, 0.2) is 0 Å². The smallest absolute Gasteiger partial charge is 0.0357 e. The number of nitrogens with one attached hydrogen (secondary N) is 2. The quantitative estimate of drug-likeness (QED) is 0.846. The number of rotatable bonds is 4. The Balaban J connectivity index is 2.04. The van der Waals surface area contributed by atoms with Gasteiger partial charge in [0.25, 0.3) is 0 Å². The molecule has 4 heteroatoms. The van der Waals surface area contributed by atoms with Gasteiger partial charge in [0.1, 0.15) is 0 Å². The van der Waals surface area contributed by atoms with Crippen LogP contribution >= 0.6 is 0 Å². The van der Waals surface area contributed by atoms with Gasteiger partial charge >= 0.3 is 0 Å². The van der Waals surface area contributed by atoms with Crippen molar-refractivity contribution in [3.05, 3.63) is 35.4 Å². The van der Waals surface area contributed by atoms with E-state index in [4.69, 9.17) is 0 Å². The number of hydrogen-bond donors (Lipinski definition) is 2. The first-order chi connectivity index (χ1) is 8.27. The highest BCUT2D eigenvalue weighted by Crippen LogP contribution is 2.22. The predicted molar refractivity (Wildman–Crippen MR) is 72.4 cm³/mol. The van der Waals surface area contributed by atoms with Crippen molar-refractivity contribution in [3.8, 4) is 0 Å². The first kappa shape index (κ1) is 12.7. The Kier molecular flexibility index (Phi) is 4.71. The van der Waals surface area contributed by atoms with Gasteiger partial charge in [0.2, 0.25) is 0 Å². The maximum atomic E-state index is 11.1. The maximum Gasteiger partial charge on any atom is 0.0357 e. The third kappa shape index (κ3) is 3.63. The molecule has 0 bridgehead atoms. The molecule has 3 nitrogen and oxygen atoms in total. The summed E-state index contributed by atoms with van der Waals surface area (Å²) in [5, 5.41) is 6.95. The van der Waals surface area contributed by atoms with Crippen LogP contribution in [-0.4, -0.2) is 29.3 Å². The summed E-state index contributed by atoms with van der Waals surface area (Å²) in [6, 6.07) is 8.95. The molecule has 1 aliphatic rings. The van der Waals surface area contributed by atoms with Crippen molar-refractivity contribution in [2.45, 2.75) is 19.0 Å². The minimum absolute atomic E-state index is 0.393. The van der Waals surface area contributed by atoms with Gasteiger partial charge in [0.05, 0.1) is 0 Å². The molecule has 2 N–H and O–H groups in total.